The molecule has 2 aromatic carbocycles. The number of fused-ring (bicyclic) bond motifs is 1. The van der Waals surface area contributed by atoms with E-state index in [1.54, 1.807) is 61.6 Å². The van der Waals surface area contributed by atoms with Gasteiger partial charge in [0, 0.05) is 49.4 Å². The molecule has 8 heteroatoms. The van der Waals surface area contributed by atoms with Crippen LogP contribution in [0.2, 0.25) is 0 Å². The van der Waals surface area contributed by atoms with Gasteiger partial charge >= 0.3 is 0 Å². The van der Waals surface area contributed by atoms with Crippen LogP contribution in [-0.2, 0) is 7.05 Å². The maximum absolute atomic E-state index is 15.1. The van der Waals surface area contributed by atoms with Crippen molar-refractivity contribution in [2.45, 2.75) is 32.0 Å². The molecule has 3 heterocycles. The van der Waals surface area contributed by atoms with Gasteiger partial charge in [0.05, 0.1) is 17.2 Å². The number of halogens is 2. The number of anilines is 1. The number of piperazine rings is 1. The average Bonchev–Trinajstić information content (AvgIpc) is 2.90. The summed E-state index contributed by atoms with van der Waals surface area (Å²) in [6, 6.07) is 19.1. The van der Waals surface area contributed by atoms with E-state index in [1.807, 2.05) is 13.8 Å². The van der Waals surface area contributed by atoms with E-state index < -0.39 is 6.04 Å². The van der Waals surface area contributed by atoms with Gasteiger partial charge in [-0.15, -0.1) is 0 Å². The van der Waals surface area contributed by atoms with Crippen molar-refractivity contribution >= 4 is 16.7 Å². The second-order valence-corrected chi connectivity index (χ2v) is 9.60. The summed E-state index contributed by atoms with van der Waals surface area (Å²) in [4.78, 5) is 21.6. The second kappa shape index (κ2) is 9.75. The molecule has 1 saturated heterocycles. The van der Waals surface area contributed by atoms with E-state index in [9.17, 15) is 10.1 Å². The van der Waals surface area contributed by atoms with Crippen molar-refractivity contribution in [1.29, 1.82) is 5.26 Å². The number of hydrogen-bond donors (Lipinski definition) is 0. The van der Waals surface area contributed by atoms with Crippen molar-refractivity contribution < 1.29 is 8.78 Å². The highest BCUT2D eigenvalue weighted by Gasteiger charge is 2.37. The number of nitrogens with zero attached hydrogens (tertiary/aromatic N) is 5. The van der Waals surface area contributed by atoms with E-state index in [4.69, 9.17) is 0 Å². The molecule has 1 unspecified atom stereocenters. The van der Waals surface area contributed by atoms with Crippen LogP contribution in [0, 0.1) is 23.0 Å². The predicted octanol–water partition coefficient (Wildman–Crippen LogP) is 4.77. The number of benzene rings is 2. The minimum Gasteiger partial charge on any atom is -0.364 e. The maximum atomic E-state index is 15.1. The van der Waals surface area contributed by atoms with Crippen molar-refractivity contribution in [3.8, 4) is 6.07 Å². The fraction of sp³-hybridized carbons (Fsp3) is 0.276. The van der Waals surface area contributed by atoms with Crippen LogP contribution in [0.5, 0.6) is 0 Å². The van der Waals surface area contributed by atoms with Crippen molar-refractivity contribution in [2.24, 2.45) is 7.05 Å². The first kappa shape index (κ1) is 24.6. The van der Waals surface area contributed by atoms with Gasteiger partial charge in [0.2, 0.25) is 0 Å². The third-order valence-corrected chi connectivity index (χ3v) is 7.26. The number of aromatic nitrogens is 2. The van der Waals surface area contributed by atoms with Crippen LogP contribution in [0.4, 0.5) is 14.5 Å². The first-order valence-corrected chi connectivity index (χ1v) is 12.2. The third kappa shape index (κ3) is 4.36. The molecule has 1 aliphatic rings. The van der Waals surface area contributed by atoms with Gasteiger partial charge < -0.3 is 9.47 Å². The van der Waals surface area contributed by atoms with Crippen LogP contribution in [0.25, 0.3) is 11.0 Å². The summed E-state index contributed by atoms with van der Waals surface area (Å²) in [5.41, 5.74) is 2.80. The van der Waals surface area contributed by atoms with E-state index in [0.717, 1.165) is 0 Å². The summed E-state index contributed by atoms with van der Waals surface area (Å²) in [6.07, 6.45) is 0. The highest BCUT2D eigenvalue weighted by Crippen LogP contribution is 2.37. The zero-order chi connectivity index (χ0) is 26.3. The Balaban J connectivity index is 1.58. The van der Waals surface area contributed by atoms with Crippen molar-refractivity contribution in [3.63, 3.8) is 0 Å². The summed E-state index contributed by atoms with van der Waals surface area (Å²) in [5.74, 6) is -0.771. The lowest BCUT2D eigenvalue weighted by molar-refractivity contribution is 0.126. The molecule has 0 saturated carbocycles. The molecule has 0 bridgehead atoms. The lowest BCUT2D eigenvalue weighted by Crippen LogP contribution is -2.57. The Hall–Kier alpha value is -4.09. The Morgan fingerprint density at radius 1 is 0.946 bits per heavy atom. The van der Waals surface area contributed by atoms with Crippen LogP contribution in [0.3, 0.4) is 0 Å². The van der Waals surface area contributed by atoms with Crippen LogP contribution in [-0.4, -0.2) is 39.6 Å². The summed E-state index contributed by atoms with van der Waals surface area (Å²) >= 11 is 0. The highest BCUT2D eigenvalue weighted by atomic mass is 19.1. The summed E-state index contributed by atoms with van der Waals surface area (Å²) < 4.78 is 31.7. The van der Waals surface area contributed by atoms with Crippen molar-refractivity contribution in [3.05, 3.63) is 106 Å². The van der Waals surface area contributed by atoms with Gasteiger partial charge in [0.25, 0.3) is 5.56 Å². The molecule has 6 nitrogen and oxygen atoms in total. The Labute approximate surface area is 214 Å². The Kier molecular flexibility index (Phi) is 6.48. The highest BCUT2D eigenvalue weighted by molar-refractivity contribution is 5.89. The largest absolute Gasteiger partial charge is 0.364 e. The van der Waals surface area contributed by atoms with Gasteiger partial charge in [0.1, 0.15) is 28.9 Å². The van der Waals surface area contributed by atoms with E-state index in [0.29, 0.717) is 40.9 Å². The average molecular weight is 500 g/mol. The molecule has 37 heavy (non-hydrogen) atoms. The predicted molar refractivity (Wildman–Crippen MR) is 139 cm³/mol. The Morgan fingerprint density at radius 2 is 1.57 bits per heavy atom. The van der Waals surface area contributed by atoms with Gasteiger partial charge in [-0.2, -0.15) is 5.26 Å². The molecule has 2 atom stereocenters. The molecule has 2 aromatic heterocycles. The molecule has 0 radical (unpaired) electrons. The minimum absolute atomic E-state index is 0.111. The molecular formula is C29H27F2N5O. The molecule has 0 amide bonds. The molecule has 188 valence electrons. The van der Waals surface area contributed by atoms with E-state index in [1.165, 1.54) is 16.7 Å². The summed E-state index contributed by atoms with van der Waals surface area (Å²) in [5, 5.41) is 9.41. The monoisotopic (exact) mass is 499 g/mol. The molecule has 0 spiro atoms. The van der Waals surface area contributed by atoms with E-state index in [-0.39, 0.29) is 35.0 Å². The van der Waals surface area contributed by atoms with Crippen molar-refractivity contribution in [2.75, 3.05) is 18.0 Å². The second-order valence-electron chi connectivity index (χ2n) is 9.60. The molecular weight excluding hydrogens is 472 g/mol. The van der Waals surface area contributed by atoms with Gasteiger partial charge in [-0.25, -0.2) is 13.8 Å². The zero-order valence-electron chi connectivity index (χ0n) is 20.9. The standard InChI is InChI=1S/C29H27F2N5O/c1-18-17-36(29(21-8-4-6-10-23(21)30)22-9-5-7-11-24(22)31)19(2)16-35(18)26-14-27(37)34(3)25-13-12-20(15-32)33-28(25)26/h4-14,18-19,29H,16-17H2,1-3H3/t18-,19?/m0/s1. The summed E-state index contributed by atoms with van der Waals surface area (Å²) in [6.45, 7) is 5.03. The number of hydrogen-bond acceptors (Lipinski definition) is 5. The van der Waals surface area contributed by atoms with Crippen LogP contribution in [0.1, 0.15) is 36.7 Å². The van der Waals surface area contributed by atoms with Crippen LogP contribution >= 0.6 is 0 Å². The van der Waals surface area contributed by atoms with Gasteiger partial charge in [-0.1, -0.05) is 36.4 Å². The van der Waals surface area contributed by atoms with Gasteiger partial charge in [0.15, 0.2) is 0 Å². The zero-order valence-corrected chi connectivity index (χ0v) is 20.9. The Bertz CT molecular complexity index is 1530. The Morgan fingerprint density at radius 3 is 2.16 bits per heavy atom. The molecule has 1 aliphatic heterocycles. The van der Waals surface area contributed by atoms with Crippen LogP contribution < -0.4 is 10.5 Å². The molecule has 0 N–H and O–H groups in total. The maximum Gasteiger partial charge on any atom is 0.252 e. The molecule has 1 fully saturated rings. The fourth-order valence-electron chi connectivity index (χ4n) is 5.36. The minimum atomic E-state index is -0.620. The quantitative estimate of drug-likeness (QED) is 0.405. The lowest BCUT2D eigenvalue weighted by atomic mass is 9.92. The van der Waals surface area contributed by atoms with Crippen LogP contribution in [0.15, 0.2) is 71.5 Å². The number of pyridine rings is 2. The first-order valence-electron chi connectivity index (χ1n) is 12.2. The molecule has 4 aromatic rings. The van der Waals surface area contributed by atoms with Gasteiger partial charge in [-0.05, 0) is 38.1 Å². The van der Waals surface area contributed by atoms with Gasteiger partial charge in [-0.3, -0.25) is 9.69 Å². The summed E-state index contributed by atoms with van der Waals surface area (Å²) in [7, 11) is 1.68. The fourth-order valence-corrected chi connectivity index (χ4v) is 5.36. The molecule has 5 rings (SSSR count). The number of nitriles is 1. The van der Waals surface area contributed by atoms with E-state index in [2.05, 4.69) is 20.9 Å². The topological polar surface area (TPSA) is 65.2 Å². The normalized spacial score (nSPS) is 18.4. The lowest BCUT2D eigenvalue weighted by Gasteiger charge is -2.48. The van der Waals surface area contributed by atoms with E-state index >= 15 is 8.78 Å². The number of rotatable bonds is 4. The van der Waals surface area contributed by atoms with Crippen molar-refractivity contribution in [1.82, 2.24) is 14.5 Å². The number of aryl methyl sites for hydroxylation is 1. The SMILES string of the molecule is CC1CN(c2cc(=O)n(C)c3ccc(C#N)nc23)[C@@H](C)CN1C(c1ccccc1F)c1ccccc1F. The molecule has 0 aliphatic carbocycles. The first-order chi connectivity index (χ1) is 17.8. The third-order valence-electron chi connectivity index (χ3n) is 7.26. The smallest absolute Gasteiger partial charge is 0.252 e.